The maximum absolute atomic E-state index is 9.76. The predicted molar refractivity (Wildman–Crippen MR) is 86.6 cm³/mol. The molecule has 23 heavy (non-hydrogen) atoms. The molecule has 1 aliphatic rings. The van der Waals surface area contributed by atoms with Gasteiger partial charge in [-0.3, -0.25) is 4.90 Å². The van der Waals surface area contributed by atoms with Crippen LogP contribution in [0, 0.1) is 0 Å². The number of nitrogens with zero attached hydrogens (tertiary/aromatic N) is 4. The molecule has 6 heteroatoms. The second-order valence-corrected chi connectivity index (χ2v) is 6.40. The van der Waals surface area contributed by atoms with Gasteiger partial charge in [0.25, 0.3) is 0 Å². The fourth-order valence-electron chi connectivity index (χ4n) is 3.26. The van der Waals surface area contributed by atoms with Crippen LogP contribution in [0.4, 0.5) is 0 Å². The number of aromatic nitrogens is 3. The molecule has 0 aliphatic heterocycles. The molecule has 1 fully saturated rings. The number of hydrogen-bond donors (Lipinski definition) is 2. The van der Waals surface area contributed by atoms with Gasteiger partial charge in [0, 0.05) is 19.6 Å². The van der Waals surface area contributed by atoms with Gasteiger partial charge in [-0.1, -0.05) is 12.1 Å². The second-order valence-electron chi connectivity index (χ2n) is 6.40. The first-order valence-corrected chi connectivity index (χ1v) is 8.14. The van der Waals surface area contributed by atoms with Crippen molar-refractivity contribution in [2.45, 2.75) is 50.9 Å². The number of aliphatic hydroxyl groups excluding tert-OH is 1. The van der Waals surface area contributed by atoms with E-state index < -0.39 is 0 Å². The van der Waals surface area contributed by atoms with E-state index in [1.54, 1.807) is 18.5 Å². The van der Waals surface area contributed by atoms with Gasteiger partial charge in [-0.2, -0.15) is 0 Å². The zero-order valence-electron chi connectivity index (χ0n) is 13.5. The SMILES string of the molecule is Cn1cnnc1CN(Cc1cccc(O)c1)C1CCC(O)CC1. The van der Waals surface area contributed by atoms with Crippen molar-refractivity contribution >= 4 is 0 Å². The Hall–Kier alpha value is -1.92. The standard InChI is InChI=1S/C17H24N4O2/c1-20-12-18-19-17(20)11-21(14-5-7-15(22)8-6-14)10-13-3-2-4-16(23)9-13/h2-4,9,12,14-15,22-23H,5-8,10-11H2,1H3. The maximum Gasteiger partial charge on any atom is 0.146 e. The van der Waals surface area contributed by atoms with E-state index in [1.807, 2.05) is 23.7 Å². The highest BCUT2D eigenvalue weighted by molar-refractivity contribution is 5.27. The van der Waals surface area contributed by atoms with Crippen LogP contribution >= 0.6 is 0 Å². The molecule has 124 valence electrons. The highest BCUT2D eigenvalue weighted by Crippen LogP contribution is 2.26. The van der Waals surface area contributed by atoms with Crippen molar-refractivity contribution in [3.8, 4) is 5.75 Å². The molecular weight excluding hydrogens is 292 g/mol. The molecule has 2 N–H and O–H groups in total. The Morgan fingerprint density at radius 2 is 2.00 bits per heavy atom. The van der Waals surface area contributed by atoms with Gasteiger partial charge in [-0.05, 0) is 43.4 Å². The molecule has 0 amide bonds. The van der Waals surface area contributed by atoms with Gasteiger partial charge in [0.15, 0.2) is 0 Å². The molecule has 1 heterocycles. The van der Waals surface area contributed by atoms with Crippen molar-refractivity contribution in [3.05, 3.63) is 42.0 Å². The van der Waals surface area contributed by atoms with E-state index in [0.717, 1.165) is 43.6 Å². The van der Waals surface area contributed by atoms with E-state index in [2.05, 4.69) is 15.1 Å². The molecule has 2 aromatic rings. The van der Waals surface area contributed by atoms with Gasteiger partial charge in [-0.25, -0.2) is 0 Å². The van der Waals surface area contributed by atoms with Crippen LogP contribution in [0.3, 0.4) is 0 Å². The zero-order chi connectivity index (χ0) is 16.2. The number of rotatable bonds is 5. The minimum atomic E-state index is -0.163. The number of aryl methyl sites for hydroxylation is 1. The molecule has 0 bridgehead atoms. The van der Waals surface area contributed by atoms with Crippen LogP contribution in [-0.2, 0) is 20.1 Å². The van der Waals surface area contributed by atoms with Gasteiger partial charge in [0.1, 0.15) is 17.9 Å². The molecule has 0 saturated heterocycles. The maximum atomic E-state index is 9.76. The molecule has 1 saturated carbocycles. The van der Waals surface area contributed by atoms with Gasteiger partial charge < -0.3 is 14.8 Å². The summed E-state index contributed by atoms with van der Waals surface area (Å²) >= 11 is 0. The number of phenols is 1. The van der Waals surface area contributed by atoms with Crippen molar-refractivity contribution in [3.63, 3.8) is 0 Å². The Kier molecular flexibility index (Phi) is 4.93. The van der Waals surface area contributed by atoms with Crippen molar-refractivity contribution in [2.75, 3.05) is 0 Å². The molecule has 0 unspecified atom stereocenters. The molecule has 0 radical (unpaired) electrons. The Bertz CT molecular complexity index is 635. The van der Waals surface area contributed by atoms with Gasteiger partial charge in [-0.15, -0.1) is 10.2 Å². The van der Waals surface area contributed by atoms with Gasteiger partial charge >= 0.3 is 0 Å². The summed E-state index contributed by atoms with van der Waals surface area (Å²) in [7, 11) is 1.95. The Balaban J connectivity index is 1.76. The molecular formula is C17H24N4O2. The fourth-order valence-corrected chi connectivity index (χ4v) is 3.26. The lowest BCUT2D eigenvalue weighted by molar-refractivity contribution is 0.0648. The lowest BCUT2D eigenvalue weighted by Crippen LogP contribution is -2.38. The summed E-state index contributed by atoms with van der Waals surface area (Å²) in [6.07, 6.45) is 5.21. The largest absolute Gasteiger partial charge is 0.508 e. The van der Waals surface area contributed by atoms with Crippen LogP contribution in [0.15, 0.2) is 30.6 Å². The van der Waals surface area contributed by atoms with Gasteiger partial charge in [0.05, 0.1) is 12.6 Å². The van der Waals surface area contributed by atoms with Crippen LogP contribution in [0.25, 0.3) is 0 Å². The van der Waals surface area contributed by atoms with E-state index in [9.17, 15) is 10.2 Å². The quantitative estimate of drug-likeness (QED) is 0.880. The topological polar surface area (TPSA) is 74.4 Å². The number of benzene rings is 1. The van der Waals surface area contributed by atoms with Crippen LogP contribution in [0.1, 0.15) is 37.1 Å². The summed E-state index contributed by atoms with van der Waals surface area (Å²) in [6, 6.07) is 7.81. The third kappa shape index (κ3) is 4.09. The summed E-state index contributed by atoms with van der Waals surface area (Å²) in [5.41, 5.74) is 1.08. The van der Waals surface area contributed by atoms with Crippen molar-refractivity contribution in [1.82, 2.24) is 19.7 Å². The number of phenolic OH excluding ortho intramolecular Hbond substituents is 1. The van der Waals surface area contributed by atoms with E-state index in [1.165, 1.54) is 0 Å². The van der Waals surface area contributed by atoms with Gasteiger partial charge in [0.2, 0.25) is 0 Å². The molecule has 6 nitrogen and oxygen atoms in total. The van der Waals surface area contributed by atoms with Crippen LogP contribution in [0.5, 0.6) is 5.75 Å². The lowest BCUT2D eigenvalue weighted by Gasteiger charge is -2.35. The van der Waals surface area contributed by atoms with E-state index in [4.69, 9.17) is 0 Å². The Morgan fingerprint density at radius 3 is 2.65 bits per heavy atom. The van der Waals surface area contributed by atoms with E-state index in [-0.39, 0.29) is 6.10 Å². The normalized spacial score (nSPS) is 21.7. The number of aromatic hydroxyl groups is 1. The summed E-state index contributed by atoms with van der Waals surface area (Å²) in [4.78, 5) is 2.38. The van der Waals surface area contributed by atoms with Crippen LogP contribution < -0.4 is 0 Å². The predicted octanol–water partition coefficient (Wildman–Crippen LogP) is 1.83. The van der Waals surface area contributed by atoms with Crippen molar-refractivity contribution in [1.29, 1.82) is 0 Å². The van der Waals surface area contributed by atoms with Crippen LogP contribution in [-0.4, -0.2) is 42.0 Å². The fraction of sp³-hybridized carbons (Fsp3) is 0.529. The molecule has 0 atom stereocenters. The summed E-state index contributed by atoms with van der Waals surface area (Å²) in [6.45, 7) is 1.47. The van der Waals surface area contributed by atoms with E-state index in [0.29, 0.717) is 18.3 Å². The Labute approximate surface area is 136 Å². The minimum Gasteiger partial charge on any atom is -0.508 e. The molecule has 1 aromatic carbocycles. The highest BCUT2D eigenvalue weighted by atomic mass is 16.3. The molecule has 3 rings (SSSR count). The highest BCUT2D eigenvalue weighted by Gasteiger charge is 2.26. The third-order valence-electron chi connectivity index (χ3n) is 4.63. The second kappa shape index (κ2) is 7.10. The average molecular weight is 316 g/mol. The lowest BCUT2D eigenvalue weighted by atomic mass is 9.91. The smallest absolute Gasteiger partial charge is 0.146 e. The average Bonchev–Trinajstić information content (AvgIpc) is 2.93. The molecule has 0 spiro atoms. The Morgan fingerprint density at radius 1 is 1.22 bits per heavy atom. The van der Waals surface area contributed by atoms with Crippen LogP contribution in [0.2, 0.25) is 0 Å². The van der Waals surface area contributed by atoms with E-state index >= 15 is 0 Å². The molecule has 1 aliphatic carbocycles. The first kappa shape index (κ1) is 16.0. The monoisotopic (exact) mass is 316 g/mol. The third-order valence-corrected chi connectivity index (χ3v) is 4.63. The first-order chi connectivity index (χ1) is 11.1. The molecule has 1 aromatic heterocycles. The summed E-state index contributed by atoms with van der Waals surface area (Å²) in [5, 5.41) is 27.6. The minimum absolute atomic E-state index is 0.163. The zero-order valence-corrected chi connectivity index (χ0v) is 13.5. The summed E-state index contributed by atoms with van der Waals surface area (Å²) in [5.74, 6) is 1.22. The van der Waals surface area contributed by atoms with Crippen molar-refractivity contribution in [2.24, 2.45) is 7.05 Å². The summed E-state index contributed by atoms with van der Waals surface area (Å²) < 4.78 is 1.94. The number of hydrogen-bond acceptors (Lipinski definition) is 5. The van der Waals surface area contributed by atoms with Crippen molar-refractivity contribution < 1.29 is 10.2 Å². The first-order valence-electron chi connectivity index (χ1n) is 8.14. The number of aliphatic hydroxyl groups is 1.